The average Bonchev–Trinajstić information content (AvgIpc) is 2.96. The molecule has 0 radical (unpaired) electrons. The predicted octanol–water partition coefficient (Wildman–Crippen LogP) is 2.37. The van der Waals surface area contributed by atoms with Crippen molar-refractivity contribution in [3.05, 3.63) is 56.9 Å². The molecule has 0 saturated heterocycles. The van der Waals surface area contributed by atoms with E-state index in [2.05, 4.69) is 32.9 Å². The minimum absolute atomic E-state index is 0. The first kappa shape index (κ1) is 42.7. The molecule has 0 atom stereocenters. The van der Waals surface area contributed by atoms with Gasteiger partial charge in [0.15, 0.2) is 0 Å². The second-order valence-electron chi connectivity index (χ2n) is 8.42. The Morgan fingerprint density at radius 3 is 1.95 bits per heavy atom. The number of hydrogen-bond acceptors (Lipinski definition) is 11. The minimum Gasteiger partial charge on any atom is -1.00 e. The van der Waals surface area contributed by atoms with E-state index in [1.165, 1.54) is 51.9 Å². The van der Waals surface area contributed by atoms with Crippen LogP contribution in [0.5, 0.6) is 0 Å². The summed E-state index contributed by atoms with van der Waals surface area (Å²) in [6, 6.07) is 5.05. The zero-order chi connectivity index (χ0) is 32.7. The van der Waals surface area contributed by atoms with Gasteiger partial charge < -0.3 is 28.0 Å². The molecule has 0 aromatic carbocycles. The molecule has 4 heterocycles. The number of carbonyl (C=O) groups excluding carboxylic acids is 3. The first-order valence-corrected chi connectivity index (χ1v) is 16.0. The second kappa shape index (κ2) is 22.2. The molecule has 19 heteroatoms. The maximum absolute atomic E-state index is 11.3. The van der Waals surface area contributed by atoms with Gasteiger partial charge in [-0.15, -0.1) is 23.5 Å². The van der Waals surface area contributed by atoms with Crippen LogP contribution in [0.15, 0.2) is 46.6 Å². The Bertz CT molecular complexity index is 1420. The molecule has 0 bridgehead atoms. The Morgan fingerprint density at radius 1 is 0.932 bits per heavy atom. The van der Waals surface area contributed by atoms with Crippen LogP contribution in [0, 0.1) is 0 Å². The van der Waals surface area contributed by atoms with Gasteiger partial charge in [-0.1, -0.05) is 46.4 Å². The third kappa shape index (κ3) is 16.8. The van der Waals surface area contributed by atoms with Crippen LogP contribution in [-0.2, 0) is 14.4 Å². The molecule has 1 aliphatic heterocycles. The van der Waals surface area contributed by atoms with Crippen LogP contribution in [0.1, 0.15) is 1.43 Å². The fourth-order valence-electron chi connectivity index (χ4n) is 2.32. The summed E-state index contributed by atoms with van der Waals surface area (Å²) < 4.78 is 0. The van der Waals surface area contributed by atoms with Crippen LogP contribution in [-0.4, -0.2) is 87.9 Å². The Balaban J connectivity index is 0. The minimum atomic E-state index is -0.0117. The summed E-state index contributed by atoms with van der Waals surface area (Å²) in [4.78, 5) is 48.9. The number of nitrogens with one attached hydrogen (secondary N) is 1. The molecule has 3 aromatic rings. The largest absolute Gasteiger partial charge is 1.00 e. The smallest absolute Gasteiger partial charge is 1.00 e. The third-order valence-electron chi connectivity index (χ3n) is 4.60. The maximum Gasteiger partial charge on any atom is 1.00 e. The number of thiol groups is 1. The maximum atomic E-state index is 11.3. The fraction of sp³-hybridized carbons (Fsp3) is 0.280. The van der Waals surface area contributed by atoms with Crippen molar-refractivity contribution in [2.24, 2.45) is 0 Å². The number of fused-ring (bicyclic) bond motifs is 1. The second-order valence-corrected chi connectivity index (χ2v) is 12.5. The van der Waals surface area contributed by atoms with Gasteiger partial charge in [-0.3, -0.25) is 14.4 Å². The van der Waals surface area contributed by atoms with E-state index in [1.54, 1.807) is 46.4 Å². The number of anilines is 3. The Labute approximate surface area is 314 Å². The Morgan fingerprint density at radius 2 is 1.45 bits per heavy atom. The summed E-state index contributed by atoms with van der Waals surface area (Å²) in [7, 11) is 6.84. The molecule has 0 unspecified atom stereocenters. The van der Waals surface area contributed by atoms with E-state index in [1.807, 2.05) is 0 Å². The van der Waals surface area contributed by atoms with Crippen LogP contribution in [0.4, 0.5) is 17.5 Å². The molecule has 5 N–H and O–H groups in total. The van der Waals surface area contributed by atoms with Crippen LogP contribution in [0.25, 0.3) is 0 Å². The van der Waals surface area contributed by atoms with Crippen molar-refractivity contribution in [1.82, 2.24) is 24.8 Å². The van der Waals surface area contributed by atoms with Gasteiger partial charge >= 0.3 is 29.6 Å². The molecule has 0 aliphatic carbocycles. The fourth-order valence-corrected chi connectivity index (χ4v) is 5.18. The number of nitrogen functional groups attached to an aromatic ring is 2. The van der Waals surface area contributed by atoms with Crippen LogP contribution in [0.3, 0.4) is 0 Å². The standard InChI is InChI=1S/C9H12ClN3OS.C7H5ClN2OS.C5H4Cl2N2.C4H9NOS.Na.H/c1-13(2)8(14)5-15-7-3-6(10)4-12-9(7)11;8-4-1-5-7(9-2-4)10-6(11)3-12-5;6-3-1-4(7)5(8)9-2-3;1-5(2)4(6)3-7;;/h3-4H,5H2,1-2H3,(H2,11,12);1-2H,3H2,(H,9,10,11);1-2H,(H2,8,9);7H,3H2,1-2H3;;/q;;;;+1;-1. The SMILES string of the molecule is CN(C)C(=O)CS.CN(C)C(=O)CSc1cc(Cl)cnc1N.Nc1ncc(Cl)cc1Cl.O=C1CSc2cc(Cl)cnc2N1.[H-].[Na+]. The zero-order valence-electron chi connectivity index (χ0n) is 25.5. The number of amides is 3. The summed E-state index contributed by atoms with van der Waals surface area (Å²) >= 11 is 29.1. The van der Waals surface area contributed by atoms with Crippen molar-refractivity contribution < 1.29 is 45.4 Å². The van der Waals surface area contributed by atoms with Gasteiger partial charge in [-0.05, 0) is 18.2 Å². The van der Waals surface area contributed by atoms with Crippen LogP contribution < -0.4 is 46.3 Å². The number of pyridine rings is 3. The molecule has 0 fully saturated rings. The van der Waals surface area contributed by atoms with E-state index >= 15 is 0 Å². The number of thioether (sulfide) groups is 2. The number of rotatable bonds is 4. The van der Waals surface area contributed by atoms with Gasteiger partial charge in [-0.2, -0.15) is 12.6 Å². The van der Waals surface area contributed by atoms with Crippen molar-refractivity contribution in [3.63, 3.8) is 0 Å². The van der Waals surface area contributed by atoms with Crippen molar-refractivity contribution in [2.75, 3.05) is 62.2 Å². The van der Waals surface area contributed by atoms with E-state index < -0.39 is 0 Å². The van der Waals surface area contributed by atoms with Gasteiger partial charge in [0.25, 0.3) is 0 Å². The summed E-state index contributed by atoms with van der Waals surface area (Å²) in [5.74, 6) is 2.45. The van der Waals surface area contributed by atoms with Gasteiger partial charge in [0.1, 0.15) is 17.5 Å². The number of hydrogen-bond donors (Lipinski definition) is 4. The van der Waals surface area contributed by atoms with E-state index in [0.29, 0.717) is 54.8 Å². The van der Waals surface area contributed by atoms with Gasteiger partial charge in [0.05, 0.1) is 47.1 Å². The van der Waals surface area contributed by atoms with Gasteiger partial charge in [0.2, 0.25) is 17.7 Å². The number of carbonyl (C=O) groups is 3. The summed E-state index contributed by atoms with van der Waals surface area (Å²) in [6.45, 7) is 0. The van der Waals surface area contributed by atoms with E-state index in [4.69, 9.17) is 57.9 Å². The molecular formula is C25H31Cl4N8NaO3S3. The molecule has 3 amide bonds. The van der Waals surface area contributed by atoms with Gasteiger partial charge in [-0.25, -0.2) is 15.0 Å². The van der Waals surface area contributed by atoms with Gasteiger partial charge in [0, 0.05) is 46.8 Å². The van der Waals surface area contributed by atoms with Crippen molar-refractivity contribution in [1.29, 1.82) is 0 Å². The van der Waals surface area contributed by atoms with Crippen LogP contribution >= 0.6 is 82.6 Å². The first-order chi connectivity index (χ1) is 20.1. The molecular weight excluding hydrogens is 721 g/mol. The Kier molecular flexibility index (Phi) is 21.6. The van der Waals surface area contributed by atoms with Crippen molar-refractivity contribution in [3.8, 4) is 0 Å². The molecule has 3 aromatic heterocycles. The number of aromatic nitrogens is 3. The molecule has 4 rings (SSSR count). The molecule has 44 heavy (non-hydrogen) atoms. The molecule has 11 nitrogen and oxygen atoms in total. The van der Waals surface area contributed by atoms with E-state index in [9.17, 15) is 14.4 Å². The molecule has 0 spiro atoms. The topological polar surface area (TPSA) is 160 Å². The normalized spacial score (nSPS) is 10.9. The summed E-state index contributed by atoms with van der Waals surface area (Å²) in [5, 5.41) is 4.66. The quantitative estimate of drug-likeness (QED) is 0.177. The van der Waals surface area contributed by atoms with Crippen LogP contribution in [0.2, 0.25) is 20.1 Å². The summed E-state index contributed by atoms with van der Waals surface area (Å²) in [6.07, 6.45) is 4.45. The zero-order valence-corrected chi connectivity index (χ0v) is 32.0. The van der Waals surface area contributed by atoms with Crippen molar-refractivity contribution in [2.45, 2.75) is 9.79 Å². The first-order valence-electron chi connectivity index (χ1n) is 11.8. The molecule has 236 valence electrons. The number of nitrogens with zero attached hydrogens (tertiary/aromatic N) is 5. The number of nitrogens with two attached hydrogens (primary N) is 2. The summed E-state index contributed by atoms with van der Waals surface area (Å²) in [5.41, 5.74) is 10.9. The molecule has 0 saturated carbocycles. The monoisotopic (exact) mass is 750 g/mol. The van der Waals surface area contributed by atoms with Crippen molar-refractivity contribution >= 4 is 118 Å². The predicted molar refractivity (Wildman–Crippen MR) is 184 cm³/mol. The Hall–Kier alpha value is -1.33. The van der Waals surface area contributed by atoms with E-state index in [-0.39, 0.29) is 48.7 Å². The third-order valence-corrected chi connectivity index (χ3v) is 7.86. The molecule has 1 aliphatic rings. The average molecular weight is 753 g/mol. The van der Waals surface area contributed by atoms with E-state index in [0.717, 1.165) is 9.79 Å². The number of halogens is 4.